The van der Waals surface area contributed by atoms with E-state index in [0.717, 1.165) is 30.6 Å². The van der Waals surface area contributed by atoms with Gasteiger partial charge in [-0.2, -0.15) is 0 Å². The van der Waals surface area contributed by atoms with Gasteiger partial charge in [0.1, 0.15) is 5.75 Å². The Hall–Kier alpha value is -1.55. The van der Waals surface area contributed by atoms with E-state index in [2.05, 4.69) is 12.2 Å². The van der Waals surface area contributed by atoms with E-state index in [1.807, 2.05) is 24.3 Å². The van der Waals surface area contributed by atoms with E-state index < -0.39 is 0 Å². The number of hydrogen-bond acceptors (Lipinski definition) is 3. The molecule has 0 aromatic heterocycles. The minimum Gasteiger partial charge on any atom is -0.493 e. The van der Waals surface area contributed by atoms with Gasteiger partial charge in [0.25, 0.3) is 0 Å². The predicted octanol–water partition coefficient (Wildman–Crippen LogP) is 1.80. The number of amides is 1. The molecular weight excluding hydrogens is 240 g/mol. The summed E-state index contributed by atoms with van der Waals surface area (Å²) in [6.45, 7) is 3.18. The smallest absolute Gasteiger partial charge is 0.228 e. The monoisotopic (exact) mass is 262 g/mol. The summed E-state index contributed by atoms with van der Waals surface area (Å²) in [5, 5.41) is 3.06. The van der Waals surface area contributed by atoms with Gasteiger partial charge in [0.2, 0.25) is 5.91 Å². The first-order valence-electron chi connectivity index (χ1n) is 6.98. The highest BCUT2D eigenvalue weighted by molar-refractivity contribution is 5.85. The van der Waals surface area contributed by atoms with E-state index in [9.17, 15) is 4.79 Å². The summed E-state index contributed by atoms with van der Waals surface area (Å²) in [5.74, 6) is 0.782. The first kappa shape index (κ1) is 13.9. The highest BCUT2D eigenvalue weighted by Gasteiger charge is 2.28. The minimum absolute atomic E-state index is 0.0691. The van der Waals surface area contributed by atoms with E-state index in [-0.39, 0.29) is 17.9 Å². The number of ether oxygens (including phenoxy) is 1. The largest absolute Gasteiger partial charge is 0.493 e. The van der Waals surface area contributed by atoms with Crippen LogP contribution in [0.15, 0.2) is 24.3 Å². The lowest BCUT2D eigenvalue weighted by molar-refractivity contribution is -0.123. The number of fused-ring (bicyclic) bond motifs is 1. The molecule has 19 heavy (non-hydrogen) atoms. The second-order valence-electron chi connectivity index (χ2n) is 4.96. The molecule has 0 aliphatic carbocycles. The molecule has 4 nitrogen and oxygen atoms in total. The molecule has 0 radical (unpaired) electrons. The number of carbonyl (C=O) groups is 1. The maximum absolute atomic E-state index is 12.4. The second-order valence-corrected chi connectivity index (χ2v) is 4.96. The fraction of sp³-hybridized carbons (Fsp3) is 0.533. The first-order valence-corrected chi connectivity index (χ1v) is 6.98. The van der Waals surface area contributed by atoms with Gasteiger partial charge >= 0.3 is 0 Å². The third-order valence-corrected chi connectivity index (χ3v) is 3.54. The number of nitrogens with one attached hydrogen (secondary N) is 1. The molecule has 1 aromatic rings. The Kier molecular flexibility index (Phi) is 4.80. The van der Waals surface area contributed by atoms with Gasteiger partial charge in [0, 0.05) is 18.2 Å². The number of benzene rings is 1. The maximum Gasteiger partial charge on any atom is 0.228 e. The van der Waals surface area contributed by atoms with E-state index in [1.165, 1.54) is 0 Å². The summed E-state index contributed by atoms with van der Waals surface area (Å²) in [5.41, 5.74) is 6.68. The number of para-hydroxylation sites is 1. The van der Waals surface area contributed by atoms with Gasteiger partial charge in [-0.05, 0) is 18.9 Å². The average Bonchev–Trinajstić information content (AvgIpc) is 2.46. The molecule has 1 heterocycles. The lowest BCUT2D eigenvalue weighted by Crippen LogP contribution is -2.43. The van der Waals surface area contributed by atoms with Crippen LogP contribution in [0.25, 0.3) is 0 Å². The zero-order chi connectivity index (χ0) is 13.7. The lowest BCUT2D eigenvalue weighted by Gasteiger charge is -2.27. The van der Waals surface area contributed by atoms with Crippen LogP contribution in [0.4, 0.5) is 0 Å². The van der Waals surface area contributed by atoms with Crippen LogP contribution in [0.2, 0.25) is 0 Å². The highest BCUT2D eigenvalue weighted by Crippen LogP contribution is 2.33. The summed E-state index contributed by atoms with van der Waals surface area (Å²) in [6.07, 6.45) is 2.67. The zero-order valence-electron chi connectivity index (χ0n) is 11.4. The van der Waals surface area contributed by atoms with Crippen molar-refractivity contribution in [1.82, 2.24) is 5.32 Å². The first-order chi connectivity index (χ1) is 9.26. The van der Waals surface area contributed by atoms with Crippen LogP contribution in [0.1, 0.15) is 37.7 Å². The van der Waals surface area contributed by atoms with Gasteiger partial charge in [-0.1, -0.05) is 31.5 Å². The SMILES string of the molecule is CCCC(CN)NC(=O)C1CCOc2ccccc21. The summed E-state index contributed by atoms with van der Waals surface area (Å²) in [6, 6.07) is 7.84. The van der Waals surface area contributed by atoms with Crippen LogP contribution in [0.5, 0.6) is 5.75 Å². The van der Waals surface area contributed by atoms with Gasteiger partial charge in [-0.3, -0.25) is 4.79 Å². The fourth-order valence-corrected chi connectivity index (χ4v) is 2.51. The molecule has 1 aliphatic heterocycles. The topological polar surface area (TPSA) is 64.3 Å². The van der Waals surface area contributed by atoms with Crippen LogP contribution in [-0.2, 0) is 4.79 Å². The molecule has 4 heteroatoms. The molecule has 1 aliphatic rings. The van der Waals surface area contributed by atoms with Crippen molar-refractivity contribution in [2.75, 3.05) is 13.2 Å². The molecule has 2 atom stereocenters. The van der Waals surface area contributed by atoms with Crippen molar-refractivity contribution in [1.29, 1.82) is 0 Å². The van der Waals surface area contributed by atoms with Gasteiger partial charge in [0.05, 0.1) is 12.5 Å². The van der Waals surface area contributed by atoms with Crippen LogP contribution < -0.4 is 15.8 Å². The van der Waals surface area contributed by atoms with Crippen molar-refractivity contribution in [2.24, 2.45) is 5.73 Å². The predicted molar refractivity (Wildman–Crippen MR) is 75.2 cm³/mol. The molecular formula is C15H22N2O2. The fourth-order valence-electron chi connectivity index (χ4n) is 2.51. The molecule has 0 spiro atoms. The van der Waals surface area contributed by atoms with Gasteiger partial charge in [0.15, 0.2) is 0 Å². The lowest BCUT2D eigenvalue weighted by atomic mass is 9.92. The zero-order valence-corrected chi connectivity index (χ0v) is 11.4. The molecule has 0 saturated carbocycles. The molecule has 1 amide bonds. The third kappa shape index (κ3) is 3.26. The summed E-state index contributed by atoms with van der Waals surface area (Å²) in [7, 11) is 0. The average molecular weight is 262 g/mol. The Morgan fingerprint density at radius 3 is 3.05 bits per heavy atom. The Balaban J connectivity index is 2.08. The molecule has 1 aromatic carbocycles. The number of nitrogens with two attached hydrogens (primary N) is 1. The van der Waals surface area contributed by atoms with E-state index >= 15 is 0 Å². The van der Waals surface area contributed by atoms with Crippen LogP contribution >= 0.6 is 0 Å². The quantitative estimate of drug-likeness (QED) is 0.850. The third-order valence-electron chi connectivity index (χ3n) is 3.54. The van der Waals surface area contributed by atoms with Crippen molar-refractivity contribution in [2.45, 2.75) is 38.1 Å². The van der Waals surface area contributed by atoms with E-state index in [0.29, 0.717) is 13.2 Å². The summed E-state index contributed by atoms with van der Waals surface area (Å²) < 4.78 is 5.58. The normalized spacial score (nSPS) is 19.2. The van der Waals surface area contributed by atoms with Crippen LogP contribution in [0, 0.1) is 0 Å². The van der Waals surface area contributed by atoms with Crippen LogP contribution in [0.3, 0.4) is 0 Å². The van der Waals surface area contributed by atoms with Crippen molar-refractivity contribution < 1.29 is 9.53 Å². The Morgan fingerprint density at radius 1 is 1.53 bits per heavy atom. The van der Waals surface area contributed by atoms with Gasteiger partial charge in [-0.15, -0.1) is 0 Å². The van der Waals surface area contributed by atoms with Crippen molar-refractivity contribution in [3.63, 3.8) is 0 Å². The van der Waals surface area contributed by atoms with Crippen molar-refractivity contribution >= 4 is 5.91 Å². The molecule has 0 bridgehead atoms. The summed E-state index contributed by atoms with van der Waals surface area (Å²) in [4.78, 5) is 12.4. The van der Waals surface area contributed by atoms with E-state index in [4.69, 9.17) is 10.5 Å². The number of carbonyl (C=O) groups excluding carboxylic acids is 1. The van der Waals surface area contributed by atoms with Crippen molar-refractivity contribution in [3.8, 4) is 5.75 Å². The standard InChI is InChI=1S/C15H22N2O2/c1-2-5-11(10-16)17-15(18)13-8-9-19-14-7-4-3-6-12(13)14/h3-4,6-7,11,13H,2,5,8-10,16H2,1H3,(H,17,18). The number of hydrogen-bond donors (Lipinski definition) is 2. The minimum atomic E-state index is -0.115. The van der Waals surface area contributed by atoms with Gasteiger partial charge < -0.3 is 15.8 Å². The Labute approximate surface area is 114 Å². The second kappa shape index (κ2) is 6.57. The molecule has 2 rings (SSSR count). The maximum atomic E-state index is 12.4. The molecule has 104 valence electrons. The molecule has 3 N–H and O–H groups in total. The highest BCUT2D eigenvalue weighted by atomic mass is 16.5. The summed E-state index contributed by atoms with van der Waals surface area (Å²) >= 11 is 0. The van der Waals surface area contributed by atoms with Gasteiger partial charge in [-0.25, -0.2) is 0 Å². The number of rotatable bonds is 5. The molecule has 2 unspecified atom stereocenters. The molecule has 0 saturated heterocycles. The Bertz CT molecular complexity index is 434. The van der Waals surface area contributed by atoms with Crippen molar-refractivity contribution in [3.05, 3.63) is 29.8 Å². The van der Waals surface area contributed by atoms with Crippen LogP contribution in [-0.4, -0.2) is 25.1 Å². The Morgan fingerprint density at radius 2 is 2.32 bits per heavy atom. The van der Waals surface area contributed by atoms with E-state index in [1.54, 1.807) is 0 Å². The molecule has 0 fully saturated rings.